The fourth-order valence-corrected chi connectivity index (χ4v) is 11.4. The van der Waals surface area contributed by atoms with Gasteiger partial charge in [0, 0.05) is 51.7 Å². The first-order chi connectivity index (χ1) is 35.0. The summed E-state index contributed by atoms with van der Waals surface area (Å²) in [7, 11) is 0.543. The largest absolute Gasteiger partial charge is 1.00 e. The zero-order valence-corrected chi connectivity index (χ0v) is 55.3. The van der Waals surface area contributed by atoms with Gasteiger partial charge < -0.3 is 36.3 Å². The van der Waals surface area contributed by atoms with Crippen LogP contribution in [0.3, 0.4) is 0 Å². The topological polar surface area (TPSA) is 47.6 Å². The molecule has 0 fully saturated rings. The van der Waals surface area contributed by atoms with E-state index in [9.17, 15) is 0 Å². The minimum absolute atomic E-state index is 0. The number of halogens is 2. The van der Waals surface area contributed by atoms with Crippen molar-refractivity contribution in [1.82, 2.24) is 0 Å². The number of fused-ring (bicyclic) bond motifs is 6. The Morgan fingerprint density at radius 2 is 0.579 bits per heavy atom. The Bertz CT molecular complexity index is 2860. The summed E-state index contributed by atoms with van der Waals surface area (Å²) in [5.41, 5.74) is 34.2. The monoisotopic (exact) mass is 1390 g/mol. The van der Waals surface area contributed by atoms with Crippen molar-refractivity contribution in [3.8, 4) is 22.3 Å². The van der Waals surface area contributed by atoms with Crippen molar-refractivity contribution < 1.29 is 76.5 Å². The molecule has 10 aromatic rings. The van der Waals surface area contributed by atoms with Crippen molar-refractivity contribution in [2.45, 2.75) is 54.4 Å². The van der Waals surface area contributed by atoms with Crippen molar-refractivity contribution in [3.63, 3.8) is 0 Å². The van der Waals surface area contributed by atoms with Gasteiger partial charge in [-0.05, 0) is 54.4 Å². The molecule has 12 rings (SSSR count). The van der Waals surface area contributed by atoms with E-state index in [4.69, 9.17) is 11.5 Å². The minimum atomic E-state index is 0. The Morgan fingerprint density at radius 1 is 0.329 bits per heavy atom. The van der Waals surface area contributed by atoms with Crippen LogP contribution in [0.5, 0.6) is 0 Å². The first-order valence-corrected chi connectivity index (χ1v) is 27.0. The molecule has 0 heterocycles. The van der Waals surface area contributed by atoms with Gasteiger partial charge in [0.2, 0.25) is 0 Å². The smallest absolute Gasteiger partial charge is 0.103 e. The molecular weight excluding hydrogens is 1330 g/mol. The molecule has 2 nitrogen and oxygen atoms in total. The number of benzene rings is 10. The van der Waals surface area contributed by atoms with Gasteiger partial charge in [-0.2, -0.15) is 59.7 Å². The number of nitrogens with one attached hydrogen (secondary N) is 2. The second-order valence-electron chi connectivity index (χ2n) is 18.3. The zero-order chi connectivity index (χ0) is 50.7. The predicted octanol–water partition coefficient (Wildman–Crippen LogP) is 8.86. The van der Waals surface area contributed by atoms with E-state index in [1.807, 2.05) is 64.1 Å². The first kappa shape index (κ1) is 64.8. The summed E-state index contributed by atoms with van der Waals surface area (Å²) in [5, 5.41) is 5.81. The molecule has 0 saturated carbocycles. The van der Waals surface area contributed by atoms with Crippen molar-refractivity contribution in [2.75, 3.05) is 0 Å². The van der Waals surface area contributed by atoms with Crippen molar-refractivity contribution in [2.24, 2.45) is 0 Å². The van der Waals surface area contributed by atoms with Crippen LogP contribution in [0.4, 0.5) is 11.4 Å². The van der Waals surface area contributed by atoms with Crippen LogP contribution in [0.2, 0.25) is 0 Å². The molecule has 0 saturated heterocycles. The fraction of sp³-hybridized carbons (Fsp3) is 0.118. The molecule has 382 valence electrons. The third kappa shape index (κ3) is 19.5. The average Bonchev–Trinajstić information content (AvgIpc) is 3.99. The van der Waals surface area contributed by atoms with Gasteiger partial charge >= 0.3 is 0 Å². The quantitative estimate of drug-likeness (QED) is 0.125. The molecule has 2 N–H and O–H groups in total. The SMILES string of the molecule is Cc1cc(C)c([NH-])c(C)c1.Cc1cc(C)c([NH-])c(C)c1.[Cl-].[Cl-].[Hf].[Hf].[c-]1cccc2c1Cc1ccccc1-2.[c-]1cccc2c1Cc1ccccc1-2.c1ccc([SiH]c2ccccc2)cc1.c1ccc([SiH]c2ccccc2)cc1. The van der Waals surface area contributed by atoms with Crippen LogP contribution in [0.15, 0.2) is 231 Å². The van der Waals surface area contributed by atoms with Crippen molar-refractivity contribution >= 4 is 51.2 Å². The molecule has 0 spiro atoms. The van der Waals surface area contributed by atoms with E-state index in [0.717, 1.165) is 35.1 Å². The molecule has 0 aromatic heterocycles. The van der Waals surface area contributed by atoms with Gasteiger partial charge in [0.1, 0.15) is 19.0 Å². The van der Waals surface area contributed by atoms with Crippen LogP contribution < -0.4 is 45.6 Å². The summed E-state index contributed by atoms with van der Waals surface area (Å²) in [4.78, 5) is 0. The third-order valence-electron chi connectivity index (χ3n) is 12.5. The van der Waals surface area contributed by atoms with E-state index < -0.39 is 0 Å². The molecule has 0 bridgehead atoms. The molecular formula is C68H64Cl2Hf2N2Si2-6. The molecule has 8 heteroatoms. The van der Waals surface area contributed by atoms with Crippen molar-refractivity contribution in [3.05, 3.63) is 310 Å². The van der Waals surface area contributed by atoms with E-state index in [1.54, 1.807) is 0 Å². The van der Waals surface area contributed by atoms with Crippen LogP contribution >= 0.6 is 0 Å². The van der Waals surface area contributed by atoms with Gasteiger partial charge in [-0.15, -0.1) is 22.5 Å². The van der Waals surface area contributed by atoms with Gasteiger partial charge in [0.25, 0.3) is 0 Å². The van der Waals surface area contributed by atoms with Gasteiger partial charge in [-0.3, -0.25) is 0 Å². The van der Waals surface area contributed by atoms with E-state index in [1.165, 1.54) is 76.4 Å². The van der Waals surface area contributed by atoms with Gasteiger partial charge in [-0.1, -0.05) is 271 Å². The molecule has 0 unspecified atom stereocenters. The summed E-state index contributed by atoms with van der Waals surface area (Å²) in [6.45, 7) is 12.0. The van der Waals surface area contributed by atoms with Gasteiger partial charge in [-0.25, -0.2) is 0 Å². The maximum absolute atomic E-state index is 7.54. The Balaban J connectivity index is 0.000000239. The molecule has 0 atom stereocenters. The summed E-state index contributed by atoms with van der Waals surface area (Å²) in [6, 6.07) is 87.0. The van der Waals surface area contributed by atoms with Crippen LogP contribution in [0.1, 0.15) is 55.6 Å². The molecule has 10 aromatic carbocycles. The molecule has 76 heavy (non-hydrogen) atoms. The Labute approximate surface area is 509 Å². The number of hydrogen-bond donors (Lipinski definition) is 0. The van der Waals surface area contributed by atoms with Crippen LogP contribution in [0, 0.1) is 53.7 Å². The van der Waals surface area contributed by atoms with Crippen molar-refractivity contribution in [1.29, 1.82) is 0 Å². The molecule has 0 amide bonds. The third-order valence-corrected chi connectivity index (χ3v) is 15.3. The molecule has 2 radical (unpaired) electrons. The van der Waals surface area contributed by atoms with E-state index in [2.05, 4.69) is 220 Å². The van der Waals surface area contributed by atoms with Gasteiger partial charge in [0.15, 0.2) is 0 Å². The molecule has 2 aliphatic rings. The second kappa shape index (κ2) is 33.7. The van der Waals surface area contributed by atoms with E-state index in [-0.39, 0.29) is 95.5 Å². The van der Waals surface area contributed by atoms with Gasteiger partial charge in [0.05, 0.1) is 0 Å². The fourth-order valence-electron chi connectivity index (χ4n) is 8.94. The maximum Gasteiger partial charge on any atom is 0.103 e. The van der Waals surface area contributed by atoms with E-state index >= 15 is 0 Å². The molecule has 0 aliphatic heterocycles. The summed E-state index contributed by atoms with van der Waals surface area (Å²) in [5.74, 6) is 0. The average molecular weight is 1390 g/mol. The Kier molecular flexibility index (Phi) is 28.7. The number of hydrogen-bond acceptors (Lipinski definition) is 0. The first-order valence-electron chi connectivity index (χ1n) is 24.7. The van der Waals surface area contributed by atoms with E-state index in [0.29, 0.717) is 11.4 Å². The summed E-state index contributed by atoms with van der Waals surface area (Å²) in [6.07, 6.45) is 2.10. The molecule has 2 aliphatic carbocycles. The summed E-state index contributed by atoms with van der Waals surface area (Å²) >= 11 is 0. The Morgan fingerprint density at radius 3 is 0.868 bits per heavy atom. The second-order valence-corrected chi connectivity index (χ2v) is 21.5. The van der Waals surface area contributed by atoms with Crippen LogP contribution in [0.25, 0.3) is 33.7 Å². The number of aryl methyl sites for hydroxylation is 6. The standard InChI is InChI=1S/2C13H9.2C12H11Si.2C9H12N.2ClH.2Hf/c2*1-3-7-12-10(5-1)9-11-6-2-4-8-13(11)12;2*1-3-7-11(8-4-1)13-12-9-5-2-6-10-12;2*1-6-4-7(2)9(10)8(3)5-6;;;;/h2*1-5,7-8H,9H2;2*1-10,13H;2*4-5,10H,1-3H3;2*1H;;/q2*-1;;;2*-1;;;;/p-2. The number of rotatable bonds is 4. The zero-order valence-electron chi connectivity index (χ0n) is 44.3. The Hall–Kier alpha value is -5.45. The summed E-state index contributed by atoms with van der Waals surface area (Å²) < 4.78 is 0. The van der Waals surface area contributed by atoms with Crippen LogP contribution in [-0.4, -0.2) is 19.0 Å². The van der Waals surface area contributed by atoms with Crippen LogP contribution in [-0.2, 0) is 64.5 Å². The normalized spacial score (nSPS) is 10.2. The minimum Gasteiger partial charge on any atom is -1.00 e. The maximum atomic E-state index is 7.54. The predicted molar refractivity (Wildman–Crippen MR) is 315 cm³/mol.